The summed E-state index contributed by atoms with van der Waals surface area (Å²) in [5.41, 5.74) is 0. The van der Waals surface area contributed by atoms with Crippen LogP contribution in [0.2, 0.25) is 0 Å². The fourth-order valence-corrected chi connectivity index (χ4v) is 3.94. The molecule has 0 radical (unpaired) electrons. The van der Waals surface area contributed by atoms with E-state index in [1.54, 1.807) is 0 Å². The fourth-order valence-electron chi connectivity index (χ4n) is 3.94. The lowest BCUT2D eigenvalue weighted by molar-refractivity contribution is -0.121. The predicted octanol–water partition coefficient (Wildman–Crippen LogP) is 2.59. The van der Waals surface area contributed by atoms with Gasteiger partial charge in [0.25, 0.3) is 0 Å². The van der Waals surface area contributed by atoms with E-state index in [1.807, 2.05) is 6.08 Å². The molecule has 0 aromatic rings. The van der Waals surface area contributed by atoms with E-state index in [-0.39, 0.29) is 0 Å². The number of carbonyl (C=O) groups is 1. The molecule has 14 heavy (non-hydrogen) atoms. The monoisotopic (exact) mass is 188 g/mol. The van der Waals surface area contributed by atoms with Crippen molar-refractivity contribution in [3.63, 3.8) is 0 Å². The summed E-state index contributed by atoms with van der Waals surface area (Å²) in [6, 6.07) is 0. The highest BCUT2D eigenvalue weighted by atomic mass is 16.1. The molecule has 1 nitrogen and oxygen atoms in total. The van der Waals surface area contributed by atoms with E-state index in [0.29, 0.717) is 35.4 Å². The molecule has 0 spiro atoms. The molecule has 5 unspecified atom stereocenters. The molecule has 2 fully saturated rings. The molecule has 2 bridgehead atoms. The van der Waals surface area contributed by atoms with Crippen molar-refractivity contribution in [2.75, 3.05) is 0 Å². The van der Waals surface area contributed by atoms with Gasteiger partial charge in [0.2, 0.25) is 0 Å². The van der Waals surface area contributed by atoms with Crippen molar-refractivity contribution in [1.29, 1.82) is 0 Å². The van der Waals surface area contributed by atoms with Gasteiger partial charge in [-0.05, 0) is 36.5 Å². The highest BCUT2D eigenvalue weighted by molar-refractivity contribution is 5.85. The first kappa shape index (κ1) is 8.46. The number of fused-ring (bicyclic) bond motifs is 5. The normalized spacial score (nSPS) is 48.6. The average molecular weight is 188 g/mol. The Balaban J connectivity index is 1.91. The highest BCUT2D eigenvalue weighted by Gasteiger charge is 2.54. The van der Waals surface area contributed by atoms with Gasteiger partial charge >= 0.3 is 0 Å². The van der Waals surface area contributed by atoms with E-state index >= 15 is 0 Å². The highest BCUT2D eigenvalue weighted by Crippen LogP contribution is 2.56. The fraction of sp³-hybridized carbons (Fsp3) is 0.615. The quantitative estimate of drug-likeness (QED) is 0.609. The van der Waals surface area contributed by atoms with Crippen molar-refractivity contribution in [2.24, 2.45) is 29.6 Å². The Morgan fingerprint density at radius 3 is 3.00 bits per heavy atom. The van der Waals surface area contributed by atoms with Gasteiger partial charge in [0.1, 0.15) is 5.78 Å². The number of allylic oxidation sites excluding steroid dienone is 3. The number of hydrogen-bond donors (Lipinski definition) is 0. The van der Waals surface area contributed by atoms with Crippen molar-refractivity contribution < 1.29 is 4.79 Å². The summed E-state index contributed by atoms with van der Waals surface area (Å²) in [6.45, 7) is 3.80. The smallest absolute Gasteiger partial charge is 0.137 e. The van der Waals surface area contributed by atoms with Crippen LogP contribution in [0.1, 0.15) is 19.3 Å². The molecule has 0 amide bonds. The van der Waals surface area contributed by atoms with Gasteiger partial charge in [-0.2, -0.15) is 0 Å². The molecule has 0 aromatic carbocycles. The van der Waals surface area contributed by atoms with E-state index in [2.05, 4.69) is 18.7 Å². The second kappa shape index (κ2) is 2.82. The molecule has 0 aromatic heterocycles. The second-order valence-corrected chi connectivity index (χ2v) is 5.01. The maximum absolute atomic E-state index is 11.9. The minimum atomic E-state index is 0.384. The van der Waals surface area contributed by atoms with Crippen molar-refractivity contribution >= 4 is 5.78 Å². The average Bonchev–Trinajstić information content (AvgIpc) is 2.80. The zero-order valence-electron chi connectivity index (χ0n) is 8.36. The summed E-state index contributed by atoms with van der Waals surface area (Å²) in [4.78, 5) is 11.9. The zero-order valence-corrected chi connectivity index (χ0v) is 8.36. The van der Waals surface area contributed by atoms with Gasteiger partial charge in [-0.15, -0.1) is 6.58 Å². The first-order valence-corrected chi connectivity index (χ1v) is 5.63. The molecule has 74 valence electrons. The van der Waals surface area contributed by atoms with Crippen molar-refractivity contribution in [2.45, 2.75) is 19.3 Å². The Morgan fingerprint density at radius 2 is 2.21 bits per heavy atom. The summed E-state index contributed by atoms with van der Waals surface area (Å²) in [5, 5.41) is 0. The molecule has 0 saturated heterocycles. The maximum Gasteiger partial charge on any atom is 0.137 e. The minimum Gasteiger partial charge on any atom is -0.299 e. The van der Waals surface area contributed by atoms with Crippen LogP contribution in [0.15, 0.2) is 24.8 Å². The van der Waals surface area contributed by atoms with Crippen LogP contribution in [0.25, 0.3) is 0 Å². The third kappa shape index (κ3) is 0.930. The van der Waals surface area contributed by atoms with Gasteiger partial charge in [-0.25, -0.2) is 0 Å². The second-order valence-electron chi connectivity index (χ2n) is 5.01. The van der Waals surface area contributed by atoms with Crippen LogP contribution in [-0.4, -0.2) is 5.78 Å². The Labute approximate surface area is 84.9 Å². The molecule has 0 heterocycles. The third-order valence-electron chi connectivity index (χ3n) is 4.37. The Bertz CT molecular complexity index is 315. The van der Waals surface area contributed by atoms with Gasteiger partial charge in [0.05, 0.1) is 0 Å². The molecule has 5 atom stereocenters. The molecular weight excluding hydrogens is 172 g/mol. The molecule has 1 heteroatoms. The van der Waals surface area contributed by atoms with Crippen LogP contribution in [0, 0.1) is 29.6 Å². The molecule has 2 saturated carbocycles. The van der Waals surface area contributed by atoms with Gasteiger partial charge in [0.15, 0.2) is 0 Å². The Morgan fingerprint density at radius 1 is 1.43 bits per heavy atom. The molecule has 3 aliphatic carbocycles. The van der Waals surface area contributed by atoms with Crippen LogP contribution in [0.3, 0.4) is 0 Å². The van der Waals surface area contributed by atoms with E-state index in [1.165, 1.54) is 6.42 Å². The Kier molecular flexibility index (Phi) is 1.70. The lowest BCUT2D eigenvalue weighted by Crippen LogP contribution is -2.21. The van der Waals surface area contributed by atoms with E-state index < -0.39 is 0 Å². The van der Waals surface area contributed by atoms with Gasteiger partial charge < -0.3 is 0 Å². The Hall–Kier alpha value is -0.850. The van der Waals surface area contributed by atoms with E-state index in [4.69, 9.17) is 0 Å². The van der Waals surface area contributed by atoms with Crippen molar-refractivity contribution in [1.82, 2.24) is 0 Å². The molecule has 3 aliphatic rings. The SMILES string of the molecule is C=CCC1CC(=O)C2C3C=CC(C3)C12. The van der Waals surface area contributed by atoms with Crippen LogP contribution in [0.4, 0.5) is 0 Å². The molecule has 0 aliphatic heterocycles. The van der Waals surface area contributed by atoms with E-state index in [9.17, 15) is 4.79 Å². The first-order valence-electron chi connectivity index (χ1n) is 5.63. The van der Waals surface area contributed by atoms with Crippen molar-refractivity contribution in [3.05, 3.63) is 24.8 Å². The summed E-state index contributed by atoms with van der Waals surface area (Å²) >= 11 is 0. The van der Waals surface area contributed by atoms with Crippen LogP contribution in [-0.2, 0) is 4.79 Å². The number of ketones is 1. The number of carbonyl (C=O) groups excluding carboxylic acids is 1. The largest absolute Gasteiger partial charge is 0.299 e. The molecule has 3 rings (SSSR count). The van der Waals surface area contributed by atoms with Crippen LogP contribution < -0.4 is 0 Å². The number of hydrogen-bond acceptors (Lipinski definition) is 1. The summed E-state index contributed by atoms with van der Waals surface area (Å²) < 4.78 is 0. The third-order valence-corrected chi connectivity index (χ3v) is 4.37. The summed E-state index contributed by atoms with van der Waals surface area (Å²) in [7, 11) is 0. The van der Waals surface area contributed by atoms with E-state index in [0.717, 1.165) is 12.8 Å². The summed E-state index contributed by atoms with van der Waals surface area (Å²) in [6.07, 6.45) is 9.70. The minimum absolute atomic E-state index is 0.384. The predicted molar refractivity (Wildman–Crippen MR) is 55.6 cm³/mol. The topological polar surface area (TPSA) is 17.1 Å². The molecule has 0 N–H and O–H groups in total. The molecular formula is C13H16O. The maximum atomic E-state index is 11.9. The number of rotatable bonds is 2. The van der Waals surface area contributed by atoms with Gasteiger partial charge in [-0.3, -0.25) is 4.79 Å². The van der Waals surface area contributed by atoms with Crippen LogP contribution >= 0.6 is 0 Å². The standard InChI is InChI=1S/C13H16O/c1-2-3-8-7-11(14)13-10-5-4-9(6-10)12(8)13/h2,4-5,8-10,12-13H,1,3,6-7H2. The van der Waals surface area contributed by atoms with Crippen LogP contribution in [0.5, 0.6) is 0 Å². The summed E-state index contributed by atoms with van der Waals surface area (Å²) in [5.74, 6) is 3.47. The first-order chi connectivity index (χ1) is 6.81. The van der Waals surface area contributed by atoms with Gasteiger partial charge in [0, 0.05) is 12.3 Å². The zero-order chi connectivity index (χ0) is 9.71. The lowest BCUT2D eigenvalue weighted by atomic mass is 9.80. The van der Waals surface area contributed by atoms with Gasteiger partial charge in [-0.1, -0.05) is 18.2 Å². The number of Topliss-reactive ketones (excluding diaryl/α,β-unsaturated/α-hetero) is 1. The lowest BCUT2D eigenvalue weighted by Gasteiger charge is -2.23. The van der Waals surface area contributed by atoms with Crippen molar-refractivity contribution in [3.8, 4) is 0 Å².